The van der Waals surface area contributed by atoms with Gasteiger partial charge in [-0.25, -0.2) is 4.98 Å². The zero-order valence-electron chi connectivity index (χ0n) is 12.2. The molecule has 2 aromatic rings. The molecule has 0 bridgehead atoms. The Bertz CT molecular complexity index is 590. The zero-order chi connectivity index (χ0) is 15.1. The maximum absolute atomic E-state index is 6.12. The van der Waals surface area contributed by atoms with Crippen molar-refractivity contribution >= 4 is 11.6 Å². The van der Waals surface area contributed by atoms with Gasteiger partial charge in [0.15, 0.2) is 0 Å². The van der Waals surface area contributed by atoms with Crippen LogP contribution in [0.4, 0.5) is 0 Å². The number of hydrogen-bond acceptors (Lipinski definition) is 4. The first kappa shape index (κ1) is 15.6. The van der Waals surface area contributed by atoms with Crippen LogP contribution >= 0.6 is 11.6 Å². The molecule has 0 aliphatic heterocycles. The van der Waals surface area contributed by atoms with E-state index in [0.717, 1.165) is 18.0 Å². The van der Waals surface area contributed by atoms with Crippen molar-refractivity contribution in [3.8, 4) is 17.4 Å². The van der Waals surface area contributed by atoms with E-state index in [9.17, 15) is 0 Å². The number of nitrogens with zero attached hydrogens (tertiary/aromatic N) is 1. The minimum Gasteiger partial charge on any atom is -0.494 e. The molecule has 4 nitrogen and oxygen atoms in total. The summed E-state index contributed by atoms with van der Waals surface area (Å²) in [4.78, 5) is 4.42. The van der Waals surface area contributed by atoms with Gasteiger partial charge in [0, 0.05) is 18.7 Å². The monoisotopic (exact) mass is 306 g/mol. The summed E-state index contributed by atoms with van der Waals surface area (Å²) in [5.41, 5.74) is 0.775. The number of halogens is 1. The van der Waals surface area contributed by atoms with Gasteiger partial charge in [0.1, 0.15) is 11.5 Å². The summed E-state index contributed by atoms with van der Waals surface area (Å²) in [5.74, 6) is 1.97. The minimum atomic E-state index is 0.515. The van der Waals surface area contributed by atoms with Crippen molar-refractivity contribution in [2.45, 2.75) is 20.4 Å². The predicted molar refractivity (Wildman–Crippen MR) is 84.3 cm³/mol. The van der Waals surface area contributed by atoms with E-state index in [1.807, 2.05) is 38.1 Å². The molecule has 1 heterocycles. The number of hydrogen-bond donors (Lipinski definition) is 1. The van der Waals surface area contributed by atoms with Gasteiger partial charge in [0.05, 0.1) is 17.3 Å². The van der Waals surface area contributed by atoms with Crippen LogP contribution in [0, 0.1) is 0 Å². The Hall–Kier alpha value is -1.78. The molecule has 0 saturated carbocycles. The Balaban J connectivity index is 2.13. The van der Waals surface area contributed by atoms with Crippen molar-refractivity contribution in [3.63, 3.8) is 0 Å². The highest BCUT2D eigenvalue weighted by atomic mass is 35.5. The van der Waals surface area contributed by atoms with Crippen LogP contribution in [-0.2, 0) is 6.54 Å². The summed E-state index contributed by atoms with van der Waals surface area (Å²) in [7, 11) is 0. The maximum Gasteiger partial charge on any atom is 0.219 e. The van der Waals surface area contributed by atoms with Crippen molar-refractivity contribution in [1.82, 2.24) is 10.3 Å². The van der Waals surface area contributed by atoms with E-state index in [1.54, 1.807) is 12.1 Å². The van der Waals surface area contributed by atoms with Crippen molar-refractivity contribution in [2.75, 3.05) is 13.2 Å². The summed E-state index contributed by atoms with van der Waals surface area (Å²) in [6.45, 7) is 6.08. The van der Waals surface area contributed by atoms with E-state index < -0.39 is 0 Å². The van der Waals surface area contributed by atoms with Gasteiger partial charge in [-0.1, -0.05) is 24.6 Å². The molecule has 0 atom stereocenters. The summed E-state index contributed by atoms with van der Waals surface area (Å²) in [5, 5.41) is 3.83. The first-order valence-corrected chi connectivity index (χ1v) is 7.37. The molecule has 1 aromatic carbocycles. The molecule has 21 heavy (non-hydrogen) atoms. The second-order valence-electron chi connectivity index (χ2n) is 4.37. The lowest BCUT2D eigenvalue weighted by molar-refractivity contribution is 0.338. The molecule has 0 aliphatic carbocycles. The fraction of sp³-hybridized carbons (Fsp3) is 0.312. The van der Waals surface area contributed by atoms with Gasteiger partial charge in [-0.2, -0.15) is 0 Å². The topological polar surface area (TPSA) is 43.4 Å². The molecular weight excluding hydrogens is 288 g/mol. The number of aromatic nitrogens is 1. The first-order chi connectivity index (χ1) is 10.2. The van der Waals surface area contributed by atoms with Gasteiger partial charge >= 0.3 is 0 Å². The molecule has 0 aliphatic rings. The number of nitrogens with one attached hydrogen (secondary N) is 1. The second kappa shape index (κ2) is 7.86. The normalized spacial score (nSPS) is 10.4. The quantitative estimate of drug-likeness (QED) is 0.838. The number of pyridine rings is 1. The Morgan fingerprint density at radius 3 is 2.71 bits per heavy atom. The highest BCUT2D eigenvalue weighted by molar-refractivity contribution is 6.31. The summed E-state index contributed by atoms with van der Waals surface area (Å²) >= 11 is 6.12. The Labute approximate surface area is 130 Å². The molecule has 0 fully saturated rings. The van der Waals surface area contributed by atoms with E-state index >= 15 is 0 Å². The third-order valence-corrected chi connectivity index (χ3v) is 3.12. The smallest absolute Gasteiger partial charge is 0.219 e. The van der Waals surface area contributed by atoms with Crippen LogP contribution in [0.25, 0.3) is 0 Å². The van der Waals surface area contributed by atoms with Crippen molar-refractivity contribution in [2.24, 2.45) is 0 Å². The molecule has 0 radical (unpaired) electrons. The SMILES string of the molecule is CCNCc1nc(Oc2cccc(OCC)c2)ccc1Cl. The van der Waals surface area contributed by atoms with Crippen LogP contribution in [-0.4, -0.2) is 18.1 Å². The van der Waals surface area contributed by atoms with E-state index in [-0.39, 0.29) is 0 Å². The number of rotatable bonds is 7. The second-order valence-corrected chi connectivity index (χ2v) is 4.78. The lowest BCUT2D eigenvalue weighted by Gasteiger charge is -2.10. The lowest BCUT2D eigenvalue weighted by Crippen LogP contribution is -2.13. The Morgan fingerprint density at radius 1 is 1.14 bits per heavy atom. The summed E-state index contributed by atoms with van der Waals surface area (Å²) in [6, 6.07) is 11.0. The predicted octanol–water partition coefficient (Wildman–Crippen LogP) is 4.04. The van der Waals surface area contributed by atoms with Crippen molar-refractivity contribution in [3.05, 3.63) is 47.1 Å². The van der Waals surface area contributed by atoms with Crippen LogP contribution in [0.2, 0.25) is 5.02 Å². The highest BCUT2D eigenvalue weighted by Gasteiger charge is 2.06. The molecule has 0 unspecified atom stereocenters. The molecular formula is C16H19ClN2O2. The molecule has 0 amide bonds. The molecule has 112 valence electrons. The van der Waals surface area contributed by atoms with E-state index in [2.05, 4.69) is 10.3 Å². The fourth-order valence-electron chi connectivity index (χ4n) is 1.80. The first-order valence-electron chi connectivity index (χ1n) is 6.99. The molecule has 0 saturated heterocycles. The van der Waals surface area contributed by atoms with Crippen LogP contribution < -0.4 is 14.8 Å². The van der Waals surface area contributed by atoms with E-state index in [0.29, 0.717) is 29.8 Å². The summed E-state index contributed by atoms with van der Waals surface area (Å²) < 4.78 is 11.2. The third kappa shape index (κ3) is 4.62. The fourth-order valence-corrected chi connectivity index (χ4v) is 1.98. The maximum atomic E-state index is 6.12. The molecule has 5 heteroatoms. The van der Waals surface area contributed by atoms with Crippen LogP contribution in [0.15, 0.2) is 36.4 Å². The van der Waals surface area contributed by atoms with E-state index in [4.69, 9.17) is 21.1 Å². The van der Waals surface area contributed by atoms with Gasteiger partial charge in [0.25, 0.3) is 0 Å². The number of benzene rings is 1. The lowest BCUT2D eigenvalue weighted by atomic mass is 10.3. The van der Waals surface area contributed by atoms with Gasteiger partial charge in [-0.15, -0.1) is 0 Å². The van der Waals surface area contributed by atoms with Gasteiger partial charge < -0.3 is 14.8 Å². The van der Waals surface area contributed by atoms with Crippen molar-refractivity contribution in [1.29, 1.82) is 0 Å². The van der Waals surface area contributed by atoms with Gasteiger partial charge in [-0.05, 0) is 31.7 Å². The number of ether oxygens (including phenoxy) is 2. The standard InChI is InChI=1S/C16H19ClN2O2/c1-3-18-11-15-14(17)8-9-16(19-15)21-13-7-5-6-12(10-13)20-4-2/h5-10,18H,3-4,11H2,1-2H3. The van der Waals surface area contributed by atoms with Crippen LogP contribution in [0.3, 0.4) is 0 Å². The molecule has 1 N–H and O–H groups in total. The minimum absolute atomic E-state index is 0.515. The third-order valence-electron chi connectivity index (χ3n) is 2.77. The largest absolute Gasteiger partial charge is 0.494 e. The van der Waals surface area contributed by atoms with Crippen LogP contribution in [0.1, 0.15) is 19.5 Å². The molecule has 0 spiro atoms. The molecule has 2 rings (SSSR count). The average molecular weight is 307 g/mol. The molecule has 1 aromatic heterocycles. The average Bonchev–Trinajstić information content (AvgIpc) is 2.48. The summed E-state index contributed by atoms with van der Waals surface area (Å²) in [6.07, 6.45) is 0. The van der Waals surface area contributed by atoms with E-state index in [1.165, 1.54) is 0 Å². The highest BCUT2D eigenvalue weighted by Crippen LogP contribution is 2.26. The Kier molecular flexibility index (Phi) is 5.84. The van der Waals surface area contributed by atoms with Gasteiger partial charge in [-0.3, -0.25) is 0 Å². The van der Waals surface area contributed by atoms with Crippen LogP contribution in [0.5, 0.6) is 17.4 Å². The zero-order valence-corrected chi connectivity index (χ0v) is 13.0. The van der Waals surface area contributed by atoms with Gasteiger partial charge in [0.2, 0.25) is 5.88 Å². The Morgan fingerprint density at radius 2 is 1.95 bits per heavy atom. The van der Waals surface area contributed by atoms with Crippen molar-refractivity contribution < 1.29 is 9.47 Å².